The molecular formula is C38H42N2O5S. The predicted octanol–water partition coefficient (Wildman–Crippen LogP) is 7.66. The molecule has 1 spiro atoms. The number of carbonyl (C=O) groups is 1. The highest BCUT2D eigenvalue weighted by Crippen LogP contribution is 2.41. The van der Waals surface area contributed by atoms with Crippen LogP contribution in [0.3, 0.4) is 0 Å². The lowest BCUT2D eigenvalue weighted by atomic mass is 9.82. The van der Waals surface area contributed by atoms with E-state index in [1.54, 1.807) is 29.3 Å². The second-order valence-electron chi connectivity index (χ2n) is 13.6. The second-order valence-corrected chi connectivity index (χ2v) is 15.7. The van der Waals surface area contributed by atoms with Crippen molar-refractivity contribution in [2.45, 2.75) is 75.6 Å². The van der Waals surface area contributed by atoms with E-state index in [1.807, 2.05) is 42.5 Å². The number of aromatic nitrogens is 1. The van der Waals surface area contributed by atoms with Crippen LogP contribution in [-0.2, 0) is 44.5 Å². The highest BCUT2D eigenvalue weighted by atomic mass is 32.2. The minimum atomic E-state index is -3.33. The van der Waals surface area contributed by atoms with Crippen LogP contribution in [0.5, 0.6) is 5.75 Å². The highest BCUT2D eigenvalue weighted by molar-refractivity contribution is 7.89. The largest absolute Gasteiger partial charge is 0.487 e. The number of pyridine rings is 1. The smallest absolute Gasteiger partial charge is 0.410 e. The summed E-state index contributed by atoms with van der Waals surface area (Å²) < 4.78 is 37.7. The van der Waals surface area contributed by atoms with Crippen molar-refractivity contribution in [3.05, 3.63) is 119 Å². The van der Waals surface area contributed by atoms with Crippen molar-refractivity contribution in [3.63, 3.8) is 0 Å². The number of likely N-dealkylation sites (tertiary alicyclic amines) is 1. The van der Waals surface area contributed by atoms with E-state index in [1.165, 1.54) is 11.1 Å². The number of nitrogens with zero attached hydrogens (tertiary/aromatic N) is 2. The number of hydrogen-bond donors (Lipinski definition) is 0. The Balaban J connectivity index is 1.01. The Morgan fingerprint density at radius 3 is 2.24 bits per heavy atom. The van der Waals surface area contributed by atoms with Gasteiger partial charge in [0.1, 0.15) is 18.0 Å². The first-order chi connectivity index (χ1) is 22.0. The number of amides is 1. The van der Waals surface area contributed by atoms with Gasteiger partial charge in [-0.2, -0.15) is 0 Å². The van der Waals surface area contributed by atoms with Gasteiger partial charge in [0.05, 0.1) is 17.2 Å². The Kier molecular flexibility index (Phi) is 8.92. The van der Waals surface area contributed by atoms with E-state index in [0.29, 0.717) is 18.8 Å². The minimum Gasteiger partial charge on any atom is -0.487 e. The van der Waals surface area contributed by atoms with Gasteiger partial charge in [-0.05, 0) is 75.9 Å². The highest BCUT2D eigenvalue weighted by Gasteiger charge is 2.40. The molecule has 0 bridgehead atoms. The zero-order chi connectivity index (χ0) is 32.4. The molecule has 2 aliphatic heterocycles. The molecule has 0 unspecified atom stereocenters. The van der Waals surface area contributed by atoms with Crippen molar-refractivity contribution in [3.8, 4) is 16.9 Å². The number of aryl methyl sites for hydroxylation is 1. The van der Waals surface area contributed by atoms with Gasteiger partial charge in [0, 0.05) is 32.1 Å². The maximum Gasteiger partial charge on any atom is 0.410 e. The van der Waals surface area contributed by atoms with E-state index >= 15 is 0 Å². The number of hydrogen-bond acceptors (Lipinski definition) is 6. The number of rotatable bonds is 7. The van der Waals surface area contributed by atoms with E-state index < -0.39 is 9.84 Å². The molecule has 3 aromatic carbocycles. The van der Waals surface area contributed by atoms with Gasteiger partial charge in [0.15, 0.2) is 9.84 Å². The van der Waals surface area contributed by atoms with Crippen LogP contribution in [0.4, 0.5) is 4.79 Å². The van der Waals surface area contributed by atoms with Gasteiger partial charge in [-0.25, -0.2) is 13.2 Å². The molecule has 1 saturated heterocycles. The van der Waals surface area contributed by atoms with Crippen LogP contribution >= 0.6 is 0 Å². The summed E-state index contributed by atoms with van der Waals surface area (Å²) in [6.07, 6.45) is 4.69. The molecule has 1 fully saturated rings. The summed E-state index contributed by atoms with van der Waals surface area (Å²) in [7, 11) is -3.33. The van der Waals surface area contributed by atoms with Gasteiger partial charge >= 0.3 is 6.09 Å². The molecular weight excluding hydrogens is 596 g/mol. The number of ether oxygens (including phenoxy) is 2. The standard InChI is InChI=1S/C38H42N2O5S/c1-37(2,3)33-14-9-28(10-15-33)25-44-36(41)40-22-19-38(20-23-40)18-17-32-24-31(13-16-35(32)45-38)30-11-7-29(8-12-30)26-46(42,43)27-34-6-4-5-21-39-34/h4-16,21,24H,17-20,22-23,25-27H2,1-3H3. The molecule has 4 aromatic rings. The van der Waals surface area contributed by atoms with Crippen LogP contribution < -0.4 is 4.74 Å². The average molecular weight is 639 g/mol. The van der Waals surface area contributed by atoms with Gasteiger partial charge in [0.2, 0.25) is 0 Å². The van der Waals surface area contributed by atoms with E-state index in [0.717, 1.165) is 53.7 Å². The van der Waals surface area contributed by atoms with Crippen molar-refractivity contribution in [1.82, 2.24) is 9.88 Å². The fourth-order valence-corrected chi connectivity index (χ4v) is 7.72. The number of sulfone groups is 1. The number of piperidine rings is 1. The number of benzene rings is 3. The third-order valence-electron chi connectivity index (χ3n) is 9.12. The van der Waals surface area contributed by atoms with Gasteiger partial charge in [0.25, 0.3) is 0 Å². The molecule has 8 heteroatoms. The first kappa shape index (κ1) is 31.8. The number of fused-ring (bicyclic) bond motifs is 1. The van der Waals surface area contributed by atoms with E-state index in [4.69, 9.17) is 9.47 Å². The monoisotopic (exact) mass is 638 g/mol. The van der Waals surface area contributed by atoms with Gasteiger partial charge in [-0.3, -0.25) is 4.98 Å². The average Bonchev–Trinajstić information content (AvgIpc) is 3.04. The van der Waals surface area contributed by atoms with Crippen molar-refractivity contribution in [2.75, 3.05) is 13.1 Å². The molecule has 240 valence electrons. The van der Waals surface area contributed by atoms with Crippen molar-refractivity contribution < 1.29 is 22.7 Å². The molecule has 6 rings (SSSR count). The molecule has 7 nitrogen and oxygen atoms in total. The molecule has 0 atom stereocenters. The first-order valence-electron chi connectivity index (χ1n) is 16.0. The summed E-state index contributed by atoms with van der Waals surface area (Å²) >= 11 is 0. The Morgan fingerprint density at radius 2 is 1.57 bits per heavy atom. The number of carbonyl (C=O) groups excluding carboxylic acids is 1. The predicted molar refractivity (Wildman–Crippen MR) is 180 cm³/mol. The molecule has 1 amide bonds. The minimum absolute atomic E-state index is 0.0232. The van der Waals surface area contributed by atoms with Crippen molar-refractivity contribution >= 4 is 15.9 Å². The molecule has 2 aliphatic rings. The summed E-state index contributed by atoms with van der Waals surface area (Å²) in [5, 5.41) is 0. The van der Waals surface area contributed by atoms with Gasteiger partial charge < -0.3 is 14.4 Å². The van der Waals surface area contributed by atoms with Crippen LogP contribution in [0.1, 0.15) is 68.0 Å². The normalized spacial score (nSPS) is 16.0. The lowest BCUT2D eigenvalue weighted by Crippen LogP contribution is -2.51. The summed E-state index contributed by atoms with van der Waals surface area (Å²) in [6.45, 7) is 8.04. The summed E-state index contributed by atoms with van der Waals surface area (Å²) in [5.41, 5.74) is 6.66. The van der Waals surface area contributed by atoms with Crippen LogP contribution in [0.2, 0.25) is 0 Å². The molecule has 3 heterocycles. The third-order valence-corrected chi connectivity index (χ3v) is 10.6. The van der Waals surface area contributed by atoms with Crippen LogP contribution in [0, 0.1) is 0 Å². The zero-order valence-corrected chi connectivity index (χ0v) is 27.7. The van der Waals surface area contributed by atoms with E-state index in [-0.39, 0.29) is 35.2 Å². The molecule has 1 aromatic heterocycles. The Hall–Kier alpha value is -4.17. The summed E-state index contributed by atoms with van der Waals surface area (Å²) in [5.74, 6) is 0.809. The molecule has 0 saturated carbocycles. The zero-order valence-electron chi connectivity index (χ0n) is 26.9. The Morgan fingerprint density at radius 1 is 0.870 bits per heavy atom. The van der Waals surface area contributed by atoms with Crippen LogP contribution in [0.25, 0.3) is 11.1 Å². The Labute approximate surface area is 272 Å². The maximum absolute atomic E-state index is 12.8. The maximum atomic E-state index is 12.8. The summed E-state index contributed by atoms with van der Waals surface area (Å²) in [4.78, 5) is 18.8. The Bertz CT molecular complexity index is 1770. The molecule has 0 N–H and O–H groups in total. The SMILES string of the molecule is CC(C)(C)c1ccc(COC(=O)N2CCC3(CCc4cc(-c5ccc(CS(=O)(=O)Cc6ccccn6)cc5)ccc4O3)CC2)cc1. The molecule has 46 heavy (non-hydrogen) atoms. The second kappa shape index (κ2) is 12.9. The topological polar surface area (TPSA) is 85.8 Å². The molecule has 0 radical (unpaired) electrons. The van der Waals surface area contributed by atoms with Gasteiger partial charge in [-0.15, -0.1) is 0 Å². The van der Waals surface area contributed by atoms with Crippen LogP contribution in [-0.4, -0.2) is 43.1 Å². The fourth-order valence-electron chi connectivity index (χ4n) is 6.29. The quantitative estimate of drug-likeness (QED) is 0.207. The van der Waals surface area contributed by atoms with Crippen LogP contribution in [0.15, 0.2) is 91.1 Å². The van der Waals surface area contributed by atoms with Gasteiger partial charge in [-0.1, -0.05) is 81.4 Å². The van der Waals surface area contributed by atoms with E-state index in [2.05, 4.69) is 50.0 Å². The summed E-state index contributed by atoms with van der Waals surface area (Å²) in [6, 6.07) is 27.6. The fraction of sp³-hybridized carbons (Fsp3) is 0.368. The molecule has 0 aliphatic carbocycles. The first-order valence-corrected chi connectivity index (χ1v) is 17.8. The lowest BCUT2D eigenvalue weighted by molar-refractivity contribution is -0.0150. The third kappa shape index (κ3) is 7.61. The lowest BCUT2D eigenvalue weighted by Gasteiger charge is -2.44. The van der Waals surface area contributed by atoms with Crippen molar-refractivity contribution in [2.24, 2.45) is 0 Å². The van der Waals surface area contributed by atoms with Crippen molar-refractivity contribution in [1.29, 1.82) is 0 Å². The van der Waals surface area contributed by atoms with E-state index in [9.17, 15) is 13.2 Å².